The Morgan fingerprint density at radius 3 is 1.94 bits per heavy atom. The quantitative estimate of drug-likeness (QED) is 0.0299. The average molecular weight is 1060 g/mol. The van der Waals surface area contributed by atoms with Gasteiger partial charge in [0.05, 0.1) is 18.1 Å². The molecule has 0 bridgehead atoms. The lowest BCUT2D eigenvalue weighted by atomic mass is 9.84. The Balaban J connectivity index is 1.07. The van der Waals surface area contributed by atoms with Crippen molar-refractivity contribution in [1.29, 1.82) is 0 Å². The van der Waals surface area contributed by atoms with E-state index in [9.17, 15) is 24.0 Å². The molecule has 1 aliphatic rings. The predicted octanol–water partition coefficient (Wildman–Crippen LogP) is 5.74. The molecular weight excluding hydrogens is 983 g/mol. The van der Waals surface area contributed by atoms with E-state index in [1.54, 1.807) is 18.7 Å². The first kappa shape index (κ1) is 56.3. The maximum atomic E-state index is 15.1. The Hall–Kier alpha value is -7.89. The molecule has 17 nitrogen and oxygen atoms in total. The third-order valence-corrected chi connectivity index (χ3v) is 15.4. The lowest BCUT2D eigenvalue weighted by Gasteiger charge is -2.31. The first-order valence-electron chi connectivity index (χ1n) is 27.5. The molecule has 6 amide bonds. The highest BCUT2D eigenvalue weighted by molar-refractivity contribution is 6.03. The van der Waals surface area contributed by atoms with Crippen LogP contribution < -0.4 is 43.8 Å². The van der Waals surface area contributed by atoms with Crippen LogP contribution in [-0.4, -0.2) is 92.8 Å². The van der Waals surface area contributed by atoms with Gasteiger partial charge in [0, 0.05) is 49.1 Å². The number of hydrogen-bond donors (Lipinski definition) is 9. The summed E-state index contributed by atoms with van der Waals surface area (Å²) in [6, 6.07) is 28.5. The highest BCUT2D eigenvalue weighted by Gasteiger charge is 2.36. The lowest BCUT2D eigenvalue weighted by Crippen LogP contribution is -2.61. The Morgan fingerprint density at radius 1 is 0.679 bits per heavy atom. The van der Waals surface area contributed by atoms with Crippen molar-refractivity contribution in [3.63, 3.8) is 0 Å². The number of rotatable bonds is 26. The van der Waals surface area contributed by atoms with Gasteiger partial charge in [0.2, 0.25) is 35.4 Å². The Kier molecular flexibility index (Phi) is 19.4. The minimum Gasteiger partial charge on any atom is -0.368 e. The number of amides is 6. The van der Waals surface area contributed by atoms with Gasteiger partial charge in [0.15, 0.2) is 0 Å². The van der Waals surface area contributed by atoms with Gasteiger partial charge >= 0.3 is 0 Å². The van der Waals surface area contributed by atoms with Crippen LogP contribution in [0.5, 0.6) is 0 Å². The molecule has 2 heterocycles. The standard InChI is InChI=1S/C61H75N11O6/c1-3-38(2)55(71-60(77)52(29-39-17-6-4-7-18-39)69-58(75)53(68-57(74)49(63)26-16-28-62)31-43-34-65-50-27-15-14-25-47(43)50)61(78)70-54(33-48-45-23-12-10-21-41(45)30-42-22-11-13-24-46(42)48)59(76)67-51(56(64)73)32-44-36-72(37-66-44)35-40-19-8-5-9-20-40/h5,8-15,19-25,27,30,34,36-39,49,51-55,65H,3-4,6-7,16-18,26,28-29,31-33,35,62-63H2,1-2H3,(H2,64,73)(H,67,76)(H,68,74)(H,69,75)(H,70,78)(H,71,77)/t38-,49-,51-,52-,53+,54-,55-/m0/s1. The van der Waals surface area contributed by atoms with Crippen LogP contribution in [0.2, 0.25) is 0 Å². The second-order valence-corrected chi connectivity index (χ2v) is 21.1. The molecule has 0 unspecified atom stereocenters. The molecular formula is C61H75N11O6. The van der Waals surface area contributed by atoms with Crippen LogP contribution in [-0.2, 0) is 54.6 Å². The molecule has 7 aromatic rings. The van der Waals surface area contributed by atoms with Crippen molar-refractivity contribution in [2.75, 3.05) is 6.54 Å². The highest BCUT2D eigenvalue weighted by atomic mass is 16.2. The molecule has 0 saturated heterocycles. The summed E-state index contributed by atoms with van der Waals surface area (Å²) in [5, 5.41) is 19.3. The van der Waals surface area contributed by atoms with Gasteiger partial charge in [-0.1, -0.05) is 149 Å². The van der Waals surface area contributed by atoms with E-state index >= 15 is 4.79 Å². The van der Waals surface area contributed by atoms with Crippen molar-refractivity contribution in [1.82, 2.24) is 41.1 Å². The van der Waals surface area contributed by atoms with Gasteiger partial charge in [-0.05, 0) is 88.0 Å². The molecule has 8 rings (SSSR count). The summed E-state index contributed by atoms with van der Waals surface area (Å²) in [7, 11) is 0. The number of carbonyl (C=O) groups is 6. The fourth-order valence-electron chi connectivity index (χ4n) is 10.8. The minimum absolute atomic E-state index is 0.00616. The number of nitrogens with zero attached hydrogens (tertiary/aromatic N) is 2. The van der Waals surface area contributed by atoms with Crippen molar-refractivity contribution < 1.29 is 28.8 Å². The van der Waals surface area contributed by atoms with Crippen LogP contribution >= 0.6 is 0 Å². The van der Waals surface area contributed by atoms with Crippen LogP contribution in [0.15, 0.2) is 128 Å². The fraction of sp³-hybridized carbons (Fsp3) is 0.393. The molecule has 2 aromatic heterocycles. The first-order valence-corrected chi connectivity index (χ1v) is 27.5. The molecule has 17 heteroatoms. The maximum absolute atomic E-state index is 15.1. The number of benzene rings is 5. The second-order valence-electron chi connectivity index (χ2n) is 21.1. The smallest absolute Gasteiger partial charge is 0.243 e. The topological polar surface area (TPSA) is 274 Å². The summed E-state index contributed by atoms with van der Waals surface area (Å²) in [6.07, 6.45) is 11.7. The van der Waals surface area contributed by atoms with E-state index in [1.165, 1.54) is 0 Å². The number of para-hydroxylation sites is 1. The zero-order chi connectivity index (χ0) is 55.1. The zero-order valence-electron chi connectivity index (χ0n) is 44.7. The van der Waals surface area contributed by atoms with Gasteiger partial charge in [0.25, 0.3) is 0 Å². The van der Waals surface area contributed by atoms with Crippen LogP contribution in [0, 0.1) is 11.8 Å². The number of hydrogen-bond acceptors (Lipinski definition) is 9. The molecule has 5 aromatic carbocycles. The molecule has 410 valence electrons. The summed E-state index contributed by atoms with van der Waals surface area (Å²) >= 11 is 0. The summed E-state index contributed by atoms with van der Waals surface area (Å²) in [6.45, 7) is 4.64. The van der Waals surface area contributed by atoms with Gasteiger partial charge in [0.1, 0.15) is 30.2 Å². The molecule has 1 fully saturated rings. The van der Waals surface area contributed by atoms with Gasteiger partial charge < -0.3 is 53.3 Å². The second kappa shape index (κ2) is 26.9. The first-order chi connectivity index (χ1) is 37.8. The number of imidazole rings is 1. The Bertz CT molecular complexity index is 3130. The summed E-state index contributed by atoms with van der Waals surface area (Å²) in [5.41, 5.74) is 22.1. The van der Waals surface area contributed by atoms with Crippen molar-refractivity contribution >= 4 is 67.9 Å². The number of nitrogens with one attached hydrogen (secondary N) is 6. The third-order valence-electron chi connectivity index (χ3n) is 15.4. The van der Waals surface area contributed by atoms with E-state index in [1.807, 2.05) is 122 Å². The van der Waals surface area contributed by atoms with Crippen molar-refractivity contribution in [3.05, 3.63) is 150 Å². The molecule has 1 saturated carbocycles. The van der Waals surface area contributed by atoms with Crippen molar-refractivity contribution in [3.8, 4) is 0 Å². The van der Waals surface area contributed by atoms with E-state index in [0.29, 0.717) is 44.5 Å². The summed E-state index contributed by atoms with van der Waals surface area (Å²) < 4.78 is 1.89. The van der Waals surface area contributed by atoms with Crippen LogP contribution in [0.3, 0.4) is 0 Å². The highest BCUT2D eigenvalue weighted by Crippen LogP contribution is 2.31. The normalized spacial score (nSPS) is 15.6. The van der Waals surface area contributed by atoms with Gasteiger partial charge in [-0.15, -0.1) is 0 Å². The largest absolute Gasteiger partial charge is 0.368 e. The molecule has 78 heavy (non-hydrogen) atoms. The van der Waals surface area contributed by atoms with E-state index in [2.05, 4.69) is 42.6 Å². The molecule has 0 spiro atoms. The van der Waals surface area contributed by atoms with E-state index in [0.717, 1.165) is 81.2 Å². The number of carbonyl (C=O) groups excluding carboxylic acids is 6. The molecule has 0 radical (unpaired) electrons. The van der Waals surface area contributed by atoms with Crippen LogP contribution in [0.4, 0.5) is 0 Å². The number of aromatic nitrogens is 3. The van der Waals surface area contributed by atoms with Crippen LogP contribution in [0.25, 0.3) is 32.4 Å². The Morgan fingerprint density at radius 2 is 1.27 bits per heavy atom. The number of primary amides is 1. The molecule has 7 atom stereocenters. The molecule has 12 N–H and O–H groups in total. The van der Waals surface area contributed by atoms with Gasteiger partial charge in [-0.25, -0.2) is 4.98 Å². The van der Waals surface area contributed by atoms with Gasteiger partial charge in [-0.3, -0.25) is 28.8 Å². The minimum atomic E-state index is -1.27. The third kappa shape index (κ3) is 14.6. The summed E-state index contributed by atoms with van der Waals surface area (Å²) in [5.74, 6) is -4.08. The van der Waals surface area contributed by atoms with E-state index in [-0.39, 0.29) is 25.2 Å². The SMILES string of the molecule is CC[C@H](C)[C@H](NC(=O)[C@H](CC1CCCCC1)NC(=O)[C@@H](Cc1c[nH]c2ccccc12)NC(=O)[C@@H](N)CCCN)C(=O)N[C@@H](Cc1c2ccccc2cc2ccccc12)C(=O)N[C@@H](Cc1cn(Cc2ccccc2)cn1)C(N)=O. The van der Waals surface area contributed by atoms with Gasteiger partial charge in [-0.2, -0.15) is 0 Å². The Labute approximate surface area is 455 Å². The maximum Gasteiger partial charge on any atom is 0.243 e. The van der Waals surface area contributed by atoms with E-state index < -0.39 is 77.6 Å². The monoisotopic (exact) mass is 1060 g/mol. The predicted molar refractivity (Wildman–Crippen MR) is 304 cm³/mol. The average Bonchev–Trinajstić information content (AvgIpc) is 4.12. The number of aromatic amines is 1. The molecule has 0 aliphatic heterocycles. The number of nitrogens with two attached hydrogens (primary N) is 3. The molecule has 1 aliphatic carbocycles. The zero-order valence-corrected chi connectivity index (χ0v) is 44.7. The fourth-order valence-corrected chi connectivity index (χ4v) is 10.8. The van der Waals surface area contributed by atoms with Crippen molar-refractivity contribution in [2.45, 2.75) is 134 Å². The summed E-state index contributed by atoms with van der Waals surface area (Å²) in [4.78, 5) is 94.3. The lowest BCUT2D eigenvalue weighted by molar-refractivity contribution is -0.136. The number of fused-ring (bicyclic) bond motifs is 3. The van der Waals surface area contributed by atoms with Crippen molar-refractivity contribution in [2.24, 2.45) is 29.0 Å². The number of H-pyrrole nitrogens is 1. The van der Waals surface area contributed by atoms with Crippen LogP contribution in [0.1, 0.15) is 94.0 Å². The van der Waals surface area contributed by atoms with E-state index in [4.69, 9.17) is 17.2 Å².